The molecule has 0 heterocycles. The highest BCUT2D eigenvalue weighted by molar-refractivity contribution is 5.85. The average molecular weight is 363 g/mol. The number of carbonyl (C=O) groups is 1. The van der Waals surface area contributed by atoms with Gasteiger partial charge in [0.1, 0.15) is 5.75 Å². The van der Waals surface area contributed by atoms with E-state index in [2.05, 4.69) is 12.2 Å². The molecule has 2 rings (SSSR count). The van der Waals surface area contributed by atoms with Gasteiger partial charge < -0.3 is 15.8 Å². The number of ether oxygens (including phenoxy) is 1. The number of nitrogens with two attached hydrogens (primary N) is 1. The fraction of sp³-hybridized carbons (Fsp3) is 0.350. The third-order valence-corrected chi connectivity index (χ3v) is 3.78. The van der Waals surface area contributed by atoms with Crippen LogP contribution in [0.5, 0.6) is 5.75 Å². The molecular formula is C20H27ClN2O2. The molecule has 0 aromatic heterocycles. The zero-order valence-electron chi connectivity index (χ0n) is 14.6. The lowest BCUT2D eigenvalue weighted by Crippen LogP contribution is -2.32. The van der Waals surface area contributed by atoms with Crippen LogP contribution in [0, 0.1) is 0 Å². The van der Waals surface area contributed by atoms with Gasteiger partial charge in [-0.2, -0.15) is 0 Å². The van der Waals surface area contributed by atoms with Gasteiger partial charge in [-0.1, -0.05) is 49.4 Å². The molecule has 136 valence electrons. The molecule has 0 aliphatic rings. The van der Waals surface area contributed by atoms with Crippen LogP contribution in [-0.4, -0.2) is 19.1 Å². The van der Waals surface area contributed by atoms with Crippen molar-refractivity contribution in [1.82, 2.24) is 5.32 Å². The predicted molar refractivity (Wildman–Crippen MR) is 104 cm³/mol. The standard InChI is InChI=1S/C20H26N2O2.ClH/c1-2-14-24-18-11-8-16(9-12-18)10-13-20(23)22-15-19(21)17-6-4-3-5-7-17;/h3-9,11-12,19H,2,10,13-15,21H2,1H3,(H,22,23);1H. The van der Waals surface area contributed by atoms with Gasteiger partial charge in [0.2, 0.25) is 5.91 Å². The minimum Gasteiger partial charge on any atom is -0.494 e. The van der Waals surface area contributed by atoms with Crippen LogP contribution in [0.3, 0.4) is 0 Å². The van der Waals surface area contributed by atoms with E-state index in [0.717, 1.165) is 29.9 Å². The SMILES string of the molecule is CCCOc1ccc(CCC(=O)NCC(N)c2ccccc2)cc1.Cl. The molecule has 1 atom stereocenters. The Bertz CT molecular complexity index is 617. The molecule has 0 fully saturated rings. The Labute approximate surface area is 156 Å². The summed E-state index contributed by atoms with van der Waals surface area (Å²) in [6, 6.07) is 17.5. The van der Waals surface area contributed by atoms with Crippen LogP contribution in [0.4, 0.5) is 0 Å². The number of amides is 1. The maximum Gasteiger partial charge on any atom is 0.220 e. The summed E-state index contributed by atoms with van der Waals surface area (Å²) in [5.41, 5.74) is 8.23. The van der Waals surface area contributed by atoms with Crippen LogP contribution in [-0.2, 0) is 11.2 Å². The molecule has 0 aliphatic heterocycles. The molecule has 0 saturated heterocycles. The largest absolute Gasteiger partial charge is 0.494 e. The molecule has 0 radical (unpaired) electrons. The van der Waals surface area contributed by atoms with Crippen molar-refractivity contribution < 1.29 is 9.53 Å². The molecule has 5 heteroatoms. The first-order valence-electron chi connectivity index (χ1n) is 8.48. The maximum atomic E-state index is 12.0. The third-order valence-electron chi connectivity index (χ3n) is 3.78. The molecule has 3 N–H and O–H groups in total. The van der Waals surface area contributed by atoms with E-state index >= 15 is 0 Å². The van der Waals surface area contributed by atoms with E-state index in [0.29, 0.717) is 19.4 Å². The zero-order valence-corrected chi connectivity index (χ0v) is 15.4. The topological polar surface area (TPSA) is 64.3 Å². The van der Waals surface area contributed by atoms with Crippen molar-refractivity contribution in [3.63, 3.8) is 0 Å². The summed E-state index contributed by atoms with van der Waals surface area (Å²) in [5, 5.41) is 2.90. The summed E-state index contributed by atoms with van der Waals surface area (Å²) in [5.74, 6) is 0.895. The van der Waals surface area contributed by atoms with E-state index in [1.807, 2.05) is 54.6 Å². The monoisotopic (exact) mass is 362 g/mol. The number of rotatable bonds is 9. The fourth-order valence-corrected chi connectivity index (χ4v) is 2.36. The first-order valence-corrected chi connectivity index (χ1v) is 8.48. The van der Waals surface area contributed by atoms with E-state index in [1.54, 1.807) is 0 Å². The fourth-order valence-electron chi connectivity index (χ4n) is 2.36. The Balaban J connectivity index is 0.00000312. The number of benzene rings is 2. The van der Waals surface area contributed by atoms with Crippen molar-refractivity contribution >= 4 is 18.3 Å². The Kier molecular flexibility index (Phi) is 9.66. The van der Waals surface area contributed by atoms with Gasteiger partial charge in [0, 0.05) is 19.0 Å². The molecule has 0 aliphatic carbocycles. The molecule has 0 saturated carbocycles. The molecule has 1 unspecified atom stereocenters. The number of carbonyl (C=O) groups excluding carboxylic acids is 1. The third kappa shape index (κ3) is 7.59. The number of nitrogens with one attached hydrogen (secondary N) is 1. The van der Waals surface area contributed by atoms with E-state index in [1.165, 1.54) is 0 Å². The Morgan fingerprint density at radius 3 is 2.44 bits per heavy atom. The number of halogens is 1. The smallest absolute Gasteiger partial charge is 0.220 e. The first-order chi connectivity index (χ1) is 11.7. The minimum absolute atomic E-state index is 0. The van der Waals surface area contributed by atoms with Gasteiger partial charge in [-0.15, -0.1) is 12.4 Å². The van der Waals surface area contributed by atoms with Crippen LogP contribution in [0.2, 0.25) is 0 Å². The van der Waals surface area contributed by atoms with Crippen LogP contribution < -0.4 is 15.8 Å². The van der Waals surface area contributed by atoms with Gasteiger partial charge in [-0.25, -0.2) is 0 Å². The van der Waals surface area contributed by atoms with Crippen molar-refractivity contribution in [2.75, 3.05) is 13.2 Å². The molecule has 4 nitrogen and oxygen atoms in total. The summed E-state index contributed by atoms with van der Waals surface area (Å²) in [6.45, 7) is 3.26. The van der Waals surface area contributed by atoms with Gasteiger partial charge in [0.05, 0.1) is 6.61 Å². The second kappa shape index (κ2) is 11.5. The van der Waals surface area contributed by atoms with E-state index in [4.69, 9.17) is 10.5 Å². The number of hydrogen-bond acceptors (Lipinski definition) is 3. The van der Waals surface area contributed by atoms with Crippen LogP contribution in [0.15, 0.2) is 54.6 Å². The molecule has 25 heavy (non-hydrogen) atoms. The minimum atomic E-state index is -0.176. The predicted octanol–water partition coefficient (Wildman–Crippen LogP) is 3.65. The molecular weight excluding hydrogens is 336 g/mol. The summed E-state index contributed by atoms with van der Waals surface area (Å²) >= 11 is 0. The second-order valence-corrected chi connectivity index (χ2v) is 5.81. The highest BCUT2D eigenvalue weighted by Crippen LogP contribution is 2.14. The van der Waals surface area contributed by atoms with Gasteiger partial charge in [-0.3, -0.25) is 4.79 Å². The van der Waals surface area contributed by atoms with Crippen molar-refractivity contribution in [3.05, 3.63) is 65.7 Å². The Morgan fingerprint density at radius 2 is 1.80 bits per heavy atom. The lowest BCUT2D eigenvalue weighted by Gasteiger charge is -2.13. The molecule has 2 aromatic rings. The van der Waals surface area contributed by atoms with Gasteiger partial charge in [0.25, 0.3) is 0 Å². The van der Waals surface area contributed by atoms with Crippen molar-refractivity contribution in [2.24, 2.45) is 5.73 Å². The van der Waals surface area contributed by atoms with Crippen molar-refractivity contribution in [1.29, 1.82) is 0 Å². The molecule has 1 amide bonds. The highest BCUT2D eigenvalue weighted by atomic mass is 35.5. The van der Waals surface area contributed by atoms with Gasteiger partial charge in [0.15, 0.2) is 0 Å². The number of aryl methyl sites for hydroxylation is 1. The quantitative estimate of drug-likeness (QED) is 0.715. The summed E-state index contributed by atoms with van der Waals surface area (Å²) < 4.78 is 5.55. The molecule has 2 aromatic carbocycles. The van der Waals surface area contributed by atoms with Crippen molar-refractivity contribution in [2.45, 2.75) is 32.2 Å². The van der Waals surface area contributed by atoms with Crippen LogP contribution >= 0.6 is 12.4 Å². The van der Waals surface area contributed by atoms with Crippen molar-refractivity contribution in [3.8, 4) is 5.75 Å². The Hall–Kier alpha value is -2.04. The summed E-state index contributed by atoms with van der Waals surface area (Å²) in [4.78, 5) is 12.0. The zero-order chi connectivity index (χ0) is 17.2. The van der Waals surface area contributed by atoms with Gasteiger partial charge in [-0.05, 0) is 36.1 Å². The lowest BCUT2D eigenvalue weighted by molar-refractivity contribution is -0.121. The van der Waals surface area contributed by atoms with Crippen LogP contribution in [0.1, 0.15) is 36.9 Å². The normalized spacial score (nSPS) is 11.3. The van der Waals surface area contributed by atoms with Crippen LogP contribution in [0.25, 0.3) is 0 Å². The van der Waals surface area contributed by atoms with E-state index in [-0.39, 0.29) is 24.4 Å². The highest BCUT2D eigenvalue weighted by Gasteiger charge is 2.08. The lowest BCUT2D eigenvalue weighted by atomic mass is 10.1. The molecule has 0 spiro atoms. The van der Waals surface area contributed by atoms with Gasteiger partial charge >= 0.3 is 0 Å². The summed E-state index contributed by atoms with van der Waals surface area (Å²) in [7, 11) is 0. The average Bonchev–Trinajstić information content (AvgIpc) is 2.64. The summed E-state index contributed by atoms with van der Waals surface area (Å²) in [6.07, 6.45) is 2.16. The maximum absolute atomic E-state index is 12.0. The second-order valence-electron chi connectivity index (χ2n) is 5.81. The Morgan fingerprint density at radius 1 is 1.12 bits per heavy atom. The first kappa shape index (κ1) is 21.0. The van der Waals surface area contributed by atoms with E-state index in [9.17, 15) is 4.79 Å². The van der Waals surface area contributed by atoms with E-state index < -0.39 is 0 Å². The molecule has 0 bridgehead atoms. The number of hydrogen-bond donors (Lipinski definition) is 2.